The van der Waals surface area contributed by atoms with Gasteiger partial charge in [0.25, 0.3) is 0 Å². The summed E-state index contributed by atoms with van der Waals surface area (Å²) in [5, 5.41) is 8.94. The van der Waals surface area contributed by atoms with E-state index in [0.717, 1.165) is 0 Å². The molecule has 1 unspecified atom stereocenters. The molecule has 9 heavy (non-hydrogen) atoms. The number of hydrogen-bond donors (Lipinski definition) is 1. The number of ketones is 1. The van der Waals surface area contributed by atoms with Gasteiger partial charge in [-0.3, -0.25) is 4.79 Å². The van der Waals surface area contributed by atoms with Crippen LogP contribution in [-0.2, 0) is 4.79 Å². The summed E-state index contributed by atoms with van der Waals surface area (Å²) in [6, 6.07) is 0. The average Bonchev–Trinajstić information content (AvgIpc) is 1.96. The molecule has 1 N–H and O–H groups in total. The van der Waals surface area contributed by atoms with Crippen LogP contribution in [0.15, 0.2) is 0 Å². The standard InChI is InChI=1S/C5H6Cl2O2/c6-5(7)3(8)1-2-4(5)9/h3,8H,1-2H2. The fourth-order valence-electron chi connectivity index (χ4n) is 0.802. The Labute approximate surface area is 62.8 Å². The third-order valence-corrected chi connectivity index (χ3v) is 2.36. The molecule has 0 heterocycles. The smallest absolute Gasteiger partial charge is 0.201 e. The topological polar surface area (TPSA) is 37.3 Å². The van der Waals surface area contributed by atoms with Crippen molar-refractivity contribution in [2.75, 3.05) is 0 Å². The van der Waals surface area contributed by atoms with Crippen LogP contribution in [0.3, 0.4) is 0 Å². The molecule has 0 amide bonds. The number of alkyl halides is 2. The number of Topliss-reactive ketones (excluding diaryl/α,β-unsaturated/α-hetero) is 1. The summed E-state index contributed by atoms with van der Waals surface area (Å²) >= 11 is 10.9. The molecule has 0 radical (unpaired) electrons. The van der Waals surface area contributed by atoms with Crippen molar-refractivity contribution in [3.63, 3.8) is 0 Å². The quantitative estimate of drug-likeness (QED) is 0.546. The summed E-state index contributed by atoms with van der Waals surface area (Å²) in [5.41, 5.74) is 0. The molecule has 0 bridgehead atoms. The van der Waals surface area contributed by atoms with Gasteiger partial charge in [-0.05, 0) is 6.42 Å². The minimum absolute atomic E-state index is 0.279. The molecule has 1 rings (SSSR count). The third kappa shape index (κ3) is 1.07. The molecular formula is C5H6Cl2O2. The maximum absolute atomic E-state index is 10.7. The molecule has 1 saturated carbocycles. The van der Waals surface area contributed by atoms with Gasteiger partial charge in [0.15, 0.2) is 5.78 Å². The first-order chi connectivity index (χ1) is 4.05. The molecule has 0 aliphatic heterocycles. The molecule has 4 heteroatoms. The minimum Gasteiger partial charge on any atom is -0.389 e. The van der Waals surface area contributed by atoms with Gasteiger partial charge in [0.1, 0.15) is 0 Å². The van der Waals surface area contributed by atoms with Crippen molar-refractivity contribution in [2.45, 2.75) is 23.3 Å². The van der Waals surface area contributed by atoms with Gasteiger partial charge in [0.2, 0.25) is 4.33 Å². The van der Waals surface area contributed by atoms with E-state index in [4.69, 9.17) is 28.3 Å². The highest BCUT2D eigenvalue weighted by Crippen LogP contribution is 2.36. The Kier molecular flexibility index (Phi) is 1.72. The summed E-state index contributed by atoms with van der Waals surface area (Å²) in [7, 11) is 0. The van der Waals surface area contributed by atoms with E-state index in [-0.39, 0.29) is 12.2 Å². The Morgan fingerprint density at radius 1 is 1.67 bits per heavy atom. The van der Waals surface area contributed by atoms with Crippen LogP contribution in [0.1, 0.15) is 12.8 Å². The Balaban J connectivity index is 2.78. The normalized spacial score (nSPS) is 33.2. The second kappa shape index (κ2) is 2.11. The van der Waals surface area contributed by atoms with Crippen LogP contribution in [0.25, 0.3) is 0 Å². The van der Waals surface area contributed by atoms with Crippen molar-refractivity contribution in [3.05, 3.63) is 0 Å². The molecule has 1 aliphatic carbocycles. The highest BCUT2D eigenvalue weighted by Gasteiger charge is 2.46. The summed E-state index contributed by atoms with van der Waals surface area (Å²) in [6.07, 6.45) is -0.215. The Morgan fingerprint density at radius 3 is 2.33 bits per heavy atom. The lowest BCUT2D eigenvalue weighted by Crippen LogP contribution is -2.30. The zero-order valence-electron chi connectivity index (χ0n) is 4.60. The number of halogens is 2. The number of rotatable bonds is 0. The van der Waals surface area contributed by atoms with E-state index in [1.165, 1.54) is 0 Å². The fourth-order valence-corrected chi connectivity index (χ4v) is 1.21. The molecule has 1 aliphatic rings. The minimum atomic E-state index is -1.53. The third-order valence-electron chi connectivity index (χ3n) is 1.44. The Morgan fingerprint density at radius 2 is 2.22 bits per heavy atom. The van der Waals surface area contributed by atoms with E-state index in [1.807, 2.05) is 0 Å². The van der Waals surface area contributed by atoms with Crippen LogP contribution in [0.5, 0.6) is 0 Å². The lowest BCUT2D eigenvalue weighted by molar-refractivity contribution is -0.118. The maximum atomic E-state index is 10.7. The van der Waals surface area contributed by atoms with Gasteiger partial charge in [-0.2, -0.15) is 0 Å². The zero-order chi connectivity index (χ0) is 7.07. The van der Waals surface area contributed by atoms with Gasteiger partial charge < -0.3 is 5.11 Å². The molecule has 0 aromatic carbocycles. The van der Waals surface area contributed by atoms with E-state index in [1.54, 1.807) is 0 Å². The number of aliphatic hydroxyl groups is 1. The van der Waals surface area contributed by atoms with Crippen LogP contribution in [0, 0.1) is 0 Å². The van der Waals surface area contributed by atoms with Gasteiger partial charge >= 0.3 is 0 Å². The maximum Gasteiger partial charge on any atom is 0.201 e. The first-order valence-corrected chi connectivity index (χ1v) is 3.40. The largest absolute Gasteiger partial charge is 0.389 e. The molecule has 0 spiro atoms. The van der Waals surface area contributed by atoms with E-state index in [0.29, 0.717) is 6.42 Å². The van der Waals surface area contributed by atoms with E-state index < -0.39 is 10.4 Å². The molecule has 52 valence electrons. The average molecular weight is 169 g/mol. The van der Waals surface area contributed by atoms with Crippen molar-refractivity contribution in [1.82, 2.24) is 0 Å². The Hall–Kier alpha value is 0.210. The Bertz CT molecular complexity index is 144. The van der Waals surface area contributed by atoms with Crippen LogP contribution < -0.4 is 0 Å². The molecule has 0 aromatic rings. The number of hydrogen-bond acceptors (Lipinski definition) is 2. The highest BCUT2D eigenvalue weighted by atomic mass is 35.5. The molecular weight excluding hydrogens is 163 g/mol. The van der Waals surface area contributed by atoms with Crippen LogP contribution in [0.4, 0.5) is 0 Å². The second-order valence-corrected chi connectivity index (χ2v) is 3.49. The summed E-state index contributed by atoms with van der Waals surface area (Å²) < 4.78 is -1.53. The lowest BCUT2D eigenvalue weighted by atomic mass is 10.3. The summed E-state index contributed by atoms with van der Waals surface area (Å²) in [6.45, 7) is 0. The van der Waals surface area contributed by atoms with Gasteiger partial charge in [-0.25, -0.2) is 0 Å². The fraction of sp³-hybridized carbons (Fsp3) is 0.800. The number of carbonyl (C=O) groups is 1. The lowest BCUT2D eigenvalue weighted by Gasteiger charge is -2.13. The van der Waals surface area contributed by atoms with E-state index in [9.17, 15) is 4.79 Å². The van der Waals surface area contributed by atoms with Crippen LogP contribution in [-0.4, -0.2) is 21.3 Å². The first kappa shape index (κ1) is 7.32. The predicted octanol–water partition coefficient (Wildman–Crippen LogP) is 0.884. The number of carbonyl (C=O) groups excluding carboxylic acids is 1. The first-order valence-electron chi connectivity index (χ1n) is 2.64. The summed E-state index contributed by atoms with van der Waals surface area (Å²) in [5.74, 6) is -0.279. The van der Waals surface area contributed by atoms with Gasteiger partial charge in [0, 0.05) is 6.42 Å². The van der Waals surface area contributed by atoms with E-state index >= 15 is 0 Å². The predicted molar refractivity (Wildman–Crippen MR) is 34.7 cm³/mol. The van der Waals surface area contributed by atoms with Crippen molar-refractivity contribution in [3.8, 4) is 0 Å². The zero-order valence-corrected chi connectivity index (χ0v) is 6.11. The number of aliphatic hydroxyl groups excluding tert-OH is 1. The molecule has 0 saturated heterocycles. The van der Waals surface area contributed by atoms with E-state index in [2.05, 4.69) is 0 Å². The molecule has 1 fully saturated rings. The van der Waals surface area contributed by atoms with Crippen molar-refractivity contribution >= 4 is 29.0 Å². The van der Waals surface area contributed by atoms with Crippen molar-refractivity contribution in [1.29, 1.82) is 0 Å². The van der Waals surface area contributed by atoms with Gasteiger partial charge in [0.05, 0.1) is 6.10 Å². The monoisotopic (exact) mass is 168 g/mol. The van der Waals surface area contributed by atoms with Gasteiger partial charge in [-0.1, -0.05) is 23.2 Å². The summed E-state index contributed by atoms with van der Waals surface area (Å²) in [4.78, 5) is 10.7. The molecule has 0 aromatic heterocycles. The van der Waals surface area contributed by atoms with Crippen LogP contribution >= 0.6 is 23.2 Å². The van der Waals surface area contributed by atoms with Gasteiger partial charge in [-0.15, -0.1) is 0 Å². The molecule has 2 nitrogen and oxygen atoms in total. The van der Waals surface area contributed by atoms with Crippen molar-refractivity contribution < 1.29 is 9.90 Å². The SMILES string of the molecule is O=C1CCC(O)C1(Cl)Cl. The van der Waals surface area contributed by atoms with Crippen LogP contribution in [0.2, 0.25) is 0 Å². The highest BCUT2D eigenvalue weighted by molar-refractivity contribution is 6.59. The molecule has 1 atom stereocenters. The van der Waals surface area contributed by atoms with Crippen molar-refractivity contribution in [2.24, 2.45) is 0 Å². The second-order valence-electron chi connectivity index (χ2n) is 2.10.